The van der Waals surface area contributed by atoms with Crippen molar-refractivity contribution >= 4 is 5.57 Å². The monoisotopic (exact) mass is 175 g/mol. The van der Waals surface area contributed by atoms with Gasteiger partial charge in [-0.25, -0.2) is 0 Å². The average molecular weight is 175 g/mol. The summed E-state index contributed by atoms with van der Waals surface area (Å²) in [5.74, 6) is 0.594. The molecular weight excluding hydrogens is 158 g/mol. The number of hydrogen-bond donors (Lipinski definition) is 0. The van der Waals surface area contributed by atoms with Gasteiger partial charge in [0.05, 0.1) is 5.69 Å². The van der Waals surface area contributed by atoms with E-state index in [1.54, 1.807) is 0 Å². The fourth-order valence-electron chi connectivity index (χ4n) is 1.34. The summed E-state index contributed by atoms with van der Waals surface area (Å²) in [7, 11) is 0. The van der Waals surface area contributed by atoms with Crippen molar-refractivity contribution in [1.82, 2.24) is 4.98 Å². The fourth-order valence-corrected chi connectivity index (χ4v) is 1.34. The van der Waals surface area contributed by atoms with Gasteiger partial charge in [0.15, 0.2) is 0 Å². The van der Waals surface area contributed by atoms with Crippen LogP contribution in [0.3, 0.4) is 0 Å². The summed E-state index contributed by atoms with van der Waals surface area (Å²) in [5.41, 5.74) is 2.45. The summed E-state index contributed by atoms with van der Waals surface area (Å²) in [5, 5.41) is 0. The van der Waals surface area contributed by atoms with Gasteiger partial charge in [0.2, 0.25) is 0 Å². The van der Waals surface area contributed by atoms with Crippen LogP contribution in [0.5, 0.6) is 0 Å². The van der Waals surface area contributed by atoms with Gasteiger partial charge in [-0.3, -0.25) is 4.98 Å². The van der Waals surface area contributed by atoms with Crippen molar-refractivity contribution in [3.8, 4) is 0 Å². The standard InChI is InChI=1S/C12H17N/c1-4-11(9-10(2)3)12-7-5-6-8-13-12/h5-10H,4H2,1-3H3/b11-9+. The molecule has 1 aromatic rings. The highest BCUT2D eigenvalue weighted by molar-refractivity contribution is 5.62. The van der Waals surface area contributed by atoms with E-state index in [2.05, 4.69) is 37.9 Å². The highest BCUT2D eigenvalue weighted by Gasteiger charge is 1.99. The Hall–Kier alpha value is -1.11. The minimum absolute atomic E-state index is 0.594. The van der Waals surface area contributed by atoms with Crippen LogP contribution in [0, 0.1) is 5.92 Å². The zero-order valence-corrected chi connectivity index (χ0v) is 8.62. The van der Waals surface area contributed by atoms with Crippen molar-refractivity contribution < 1.29 is 0 Å². The highest BCUT2D eigenvalue weighted by atomic mass is 14.7. The van der Waals surface area contributed by atoms with Gasteiger partial charge < -0.3 is 0 Å². The minimum atomic E-state index is 0.594. The van der Waals surface area contributed by atoms with E-state index < -0.39 is 0 Å². The Kier molecular flexibility index (Phi) is 3.69. The van der Waals surface area contributed by atoms with Gasteiger partial charge in [-0.15, -0.1) is 0 Å². The lowest BCUT2D eigenvalue weighted by molar-refractivity contribution is 0.829. The molecule has 0 atom stereocenters. The lowest BCUT2D eigenvalue weighted by Gasteiger charge is -2.05. The molecule has 1 aromatic heterocycles. The highest BCUT2D eigenvalue weighted by Crippen LogP contribution is 2.17. The zero-order valence-electron chi connectivity index (χ0n) is 8.62. The molecule has 0 aliphatic heterocycles. The molecule has 1 nitrogen and oxygen atoms in total. The van der Waals surface area contributed by atoms with Crippen LogP contribution < -0.4 is 0 Å². The largest absolute Gasteiger partial charge is 0.257 e. The summed E-state index contributed by atoms with van der Waals surface area (Å²) in [6.45, 7) is 6.56. The van der Waals surface area contributed by atoms with E-state index in [1.807, 2.05) is 18.3 Å². The van der Waals surface area contributed by atoms with Crippen LogP contribution in [0.15, 0.2) is 30.5 Å². The molecular formula is C12H17N. The first-order chi connectivity index (χ1) is 6.24. The van der Waals surface area contributed by atoms with Gasteiger partial charge in [-0.2, -0.15) is 0 Å². The van der Waals surface area contributed by atoms with E-state index in [0.29, 0.717) is 5.92 Å². The van der Waals surface area contributed by atoms with Crippen LogP contribution in [0.25, 0.3) is 5.57 Å². The second-order valence-electron chi connectivity index (χ2n) is 3.50. The van der Waals surface area contributed by atoms with Crippen molar-refractivity contribution in [3.05, 3.63) is 36.2 Å². The molecule has 1 heteroatoms. The molecule has 1 heterocycles. The molecule has 0 spiro atoms. The number of hydrogen-bond acceptors (Lipinski definition) is 1. The lowest BCUT2D eigenvalue weighted by atomic mass is 10.0. The first kappa shape index (κ1) is 9.97. The summed E-state index contributed by atoms with van der Waals surface area (Å²) in [6.07, 6.45) is 5.18. The summed E-state index contributed by atoms with van der Waals surface area (Å²) >= 11 is 0. The van der Waals surface area contributed by atoms with Crippen LogP contribution in [-0.4, -0.2) is 4.98 Å². The smallest absolute Gasteiger partial charge is 0.0658 e. The third-order valence-electron chi connectivity index (χ3n) is 1.91. The predicted molar refractivity (Wildman–Crippen MR) is 57.3 cm³/mol. The molecule has 0 bridgehead atoms. The Balaban J connectivity index is 2.91. The maximum Gasteiger partial charge on any atom is 0.0658 e. The van der Waals surface area contributed by atoms with Gasteiger partial charge >= 0.3 is 0 Å². The van der Waals surface area contributed by atoms with Crippen molar-refractivity contribution in [1.29, 1.82) is 0 Å². The molecule has 0 saturated carbocycles. The second-order valence-corrected chi connectivity index (χ2v) is 3.50. The Morgan fingerprint density at radius 1 is 1.46 bits per heavy atom. The van der Waals surface area contributed by atoms with Crippen LogP contribution in [0.1, 0.15) is 32.9 Å². The Morgan fingerprint density at radius 2 is 2.23 bits per heavy atom. The van der Waals surface area contributed by atoms with Crippen LogP contribution in [-0.2, 0) is 0 Å². The third kappa shape index (κ3) is 3.02. The molecule has 13 heavy (non-hydrogen) atoms. The van der Waals surface area contributed by atoms with E-state index in [1.165, 1.54) is 5.57 Å². The van der Waals surface area contributed by atoms with Gasteiger partial charge in [0.1, 0.15) is 0 Å². The number of aromatic nitrogens is 1. The van der Waals surface area contributed by atoms with Crippen molar-refractivity contribution in [3.63, 3.8) is 0 Å². The summed E-state index contributed by atoms with van der Waals surface area (Å²) < 4.78 is 0. The van der Waals surface area contributed by atoms with E-state index in [4.69, 9.17) is 0 Å². The maximum atomic E-state index is 4.33. The van der Waals surface area contributed by atoms with E-state index in [9.17, 15) is 0 Å². The minimum Gasteiger partial charge on any atom is -0.257 e. The molecule has 0 aliphatic carbocycles. The van der Waals surface area contributed by atoms with Crippen molar-refractivity contribution in [2.45, 2.75) is 27.2 Å². The van der Waals surface area contributed by atoms with E-state index >= 15 is 0 Å². The topological polar surface area (TPSA) is 12.9 Å². The van der Waals surface area contributed by atoms with E-state index in [-0.39, 0.29) is 0 Å². The van der Waals surface area contributed by atoms with E-state index in [0.717, 1.165) is 12.1 Å². The molecule has 0 aliphatic rings. The SMILES string of the molecule is CC/C(=C\C(C)C)c1ccccn1. The summed E-state index contributed by atoms with van der Waals surface area (Å²) in [6, 6.07) is 6.05. The van der Waals surface area contributed by atoms with Crippen molar-refractivity contribution in [2.24, 2.45) is 5.92 Å². The molecule has 0 N–H and O–H groups in total. The van der Waals surface area contributed by atoms with Gasteiger partial charge in [-0.1, -0.05) is 32.9 Å². The molecule has 0 unspecified atom stereocenters. The Bertz CT molecular complexity index is 272. The maximum absolute atomic E-state index is 4.33. The fraction of sp³-hybridized carbons (Fsp3) is 0.417. The molecule has 0 radical (unpaired) electrons. The Morgan fingerprint density at radius 3 is 2.69 bits per heavy atom. The van der Waals surface area contributed by atoms with Crippen LogP contribution >= 0.6 is 0 Å². The third-order valence-corrected chi connectivity index (χ3v) is 1.91. The number of pyridine rings is 1. The molecule has 70 valence electrons. The van der Waals surface area contributed by atoms with Crippen LogP contribution in [0.2, 0.25) is 0 Å². The Labute approximate surface area is 80.5 Å². The van der Waals surface area contributed by atoms with Gasteiger partial charge in [0, 0.05) is 6.20 Å². The van der Waals surface area contributed by atoms with Crippen molar-refractivity contribution in [2.75, 3.05) is 0 Å². The molecule has 0 fully saturated rings. The zero-order chi connectivity index (χ0) is 9.68. The van der Waals surface area contributed by atoms with Gasteiger partial charge in [0.25, 0.3) is 0 Å². The molecule has 0 aromatic carbocycles. The number of rotatable bonds is 3. The average Bonchev–Trinajstić information content (AvgIpc) is 2.15. The molecule has 0 amide bonds. The molecule has 1 rings (SSSR count). The van der Waals surface area contributed by atoms with Gasteiger partial charge in [-0.05, 0) is 30.0 Å². The predicted octanol–water partition coefficient (Wildman–Crippen LogP) is 3.53. The number of nitrogens with zero attached hydrogens (tertiary/aromatic N) is 1. The molecule has 0 saturated heterocycles. The van der Waals surface area contributed by atoms with Crippen LogP contribution in [0.4, 0.5) is 0 Å². The normalized spacial score (nSPS) is 12.2. The second kappa shape index (κ2) is 4.80. The quantitative estimate of drug-likeness (QED) is 0.684. The summed E-state index contributed by atoms with van der Waals surface area (Å²) in [4.78, 5) is 4.33. The first-order valence-corrected chi connectivity index (χ1v) is 4.86. The first-order valence-electron chi connectivity index (χ1n) is 4.86. The number of allylic oxidation sites excluding steroid dienone is 2. The lowest BCUT2D eigenvalue weighted by Crippen LogP contribution is -1.89.